The minimum absolute atomic E-state index is 0.312. The average molecular weight is 250 g/mol. The highest BCUT2D eigenvalue weighted by Gasteiger charge is 2.18. The van der Waals surface area contributed by atoms with Gasteiger partial charge >= 0.3 is 5.97 Å². The molecule has 2 rings (SSSR count). The Bertz CT molecular complexity index is 565. The van der Waals surface area contributed by atoms with Crippen LogP contribution in [0.2, 0.25) is 0 Å². The predicted octanol–water partition coefficient (Wildman–Crippen LogP) is 1.90. The minimum atomic E-state index is -0.850. The molecule has 18 heavy (non-hydrogen) atoms. The Hall–Kier alpha value is -1.88. The molecule has 1 aromatic carbocycles. The third-order valence-corrected chi connectivity index (χ3v) is 3.06. The molecule has 1 unspecified atom stereocenters. The quantitative estimate of drug-likeness (QED) is 0.758. The first-order chi connectivity index (χ1) is 8.61. The topological polar surface area (TPSA) is 79.1 Å². The molecule has 0 amide bonds. The van der Waals surface area contributed by atoms with E-state index < -0.39 is 11.9 Å². The molecular weight excluding hydrogens is 235 g/mol. The second-order valence-corrected chi connectivity index (χ2v) is 4.32. The van der Waals surface area contributed by atoms with E-state index in [-0.39, 0.29) is 5.82 Å². The monoisotopic (exact) mass is 250 g/mol. The standard InChI is InChI=1S/C13H15FN2O2/c14-10-1-2-11-9(7-16-12(11)6-10)5-8(3-4-15)13(17)18/h1-2,6-8,16H,3-5,15H2,(H,17,18). The van der Waals surface area contributed by atoms with Crippen molar-refractivity contribution in [2.75, 3.05) is 6.54 Å². The molecule has 0 bridgehead atoms. The van der Waals surface area contributed by atoms with Crippen molar-refractivity contribution in [2.24, 2.45) is 11.7 Å². The van der Waals surface area contributed by atoms with Crippen LogP contribution >= 0.6 is 0 Å². The zero-order valence-electron chi connectivity index (χ0n) is 9.82. The molecule has 0 fully saturated rings. The lowest BCUT2D eigenvalue weighted by Gasteiger charge is -2.10. The molecule has 1 heterocycles. The molecule has 4 nitrogen and oxygen atoms in total. The largest absolute Gasteiger partial charge is 0.481 e. The van der Waals surface area contributed by atoms with E-state index >= 15 is 0 Å². The molecule has 0 saturated heterocycles. The molecule has 4 N–H and O–H groups in total. The number of halogens is 1. The third kappa shape index (κ3) is 2.51. The van der Waals surface area contributed by atoms with E-state index in [2.05, 4.69) is 4.98 Å². The number of H-pyrrole nitrogens is 1. The molecule has 2 aromatic rings. The number of fused-ring (bicyclic) bond motifs is 1. The van der Waals surface area contributed by atoms with Gasteiger partial charge in [-0.15, -0.1) is 0 Å². The summed E-state index contributed by atoms with van der Waals surface area (Å²) in [7, 11) is 0. The summed E-state index contributed by atoms with van der Waals surface area (Å²) in [5.74, 6) is -1.66. The van der Waals surface area contributed by atoms with E-state index in [0.717, 1.165) is 10.9 Å². The van der Waals surface area contributed by atoms with E-state index in [9.17, 15) is 9.18 Å². The lowest BCUT2D eigenvalue weighted by molar-refractivity contribution is -0.141. The molecule has 96 valence electrons. The summed E-state index contributed by atoms with van der Waals surface area (Å²) in [5.41, 5.74) is 6.97. The molecule has 1 atom stereocenters. The number of hydrogen-bond donors (Lipinski definition) is 3. The summed E-state index contributed by atoms with van der Waals surface area (Å²) in [6, 6.07) is 4.44. The lowest BCUT2D eigenvalue weighted by Crippen LogP contribution is -2.20. The van der Waals surface area contributed by atoms with Crippen LogP contribution in [0.15, 0.2) is 24.4 Å². The van der Waals surface area contributed by atoms with Crippen LogP contribution in [-0.4, -0.2) is 22.6 Å². The Labute approximate surface area is 104 Å². The summed E-state index contributed by atoms with van der Waals surface area (Å²) in [5, 5.41) is 9.95. The molecule has 0 aliphatic carbocycles. The van der Waals surface area contributed by atoms with Crippen LogP contribution in [0, 0.1) is 11.7 Å². The van der Waals surface area contributed by atoms with Gasteiger partial charge in [0.2, 0.25) is 0 Å². The van der Waals surface area contributed by atoms with E-state index in [1.807, 2.05) is 0 Å². The van der Waals surface area contributed by atoms with Gasteiger partial charge in [-0.2, -0.15) is 0 Å². The number of aromatic nitrogens is 1. The minimum Gasteiger partial charge on any atom is -0.481 e. The summed E-state index contributed by atoms with van der Waals surface area (Å²) in [6.07, 6.45) is 2.57. The summed E-state index contributed by atoms with van der Waals surface area (Å²) < 4.78 is 13.0. The Morgan fingerprint density at radius 1 is 1.50 bits per heavy atom. The molecule has 0 spiro atoms. The molecule has 5 heteroatoms. The number of hydrogen-bond acceptors (Lipinski definition) is 2. The number of carboxylic acids is 1. The summed E-state index contributed by atoms with van der Waals surface area (Å²) in [4.78, 5) is 14.0. The first-order valence-corrected chi connectivity index (χ1v) is 5.80. The highest BCUT2D eigenvalue weighted by atomic mass is 19.1. The van der Waals surface area contributed by atoms with E-state index in [0.29, 0.717) is 24.9 Å². The van der Waals surface area contributed by atoms with Crippen LogP contribution in [0.4, 0.5) is 4.39 Å². The molecule has 0 saturated carbocycles. The highest BCUT2D eigenvalue weighted by molar-refractivity contribution is 5.84. The van der Waals surface area contributed by atoms with Crippen LogP contribution in [-0.2, 0) is 11.2 Å². The second-order valence-electron chi connectivity index (χ2n) is 4.32. The van der Waals surface area contributed by atoms with Crippen molar-refractivity contribution in [1.29, 1.82) is 0 Å². The molecule has 1 aromatic heterocycles. The summed E-state index contributed by atoms with van der Waals surface area (Å²) >= 11 is 0. The van der Waals surface area contributed by atoms with Crippen LogP contribution < -0.4 is 5.73 Å². The van der Waals surface area contributed by atoms with Gasteiger partial charge in [-0.3, -0.25) is 4.79 Å². The SMILES string of the molecule is NCCC(Cc1c[nH]c2cc(F)ccc12)C(=O)O. The first kappa shape index (κ1) is 12.6. The smallest absolute Gasteiger partial charge is 0.306 e. The van der Waals surface area contributed by atoms with Crippen molar-refractivity contribution in [3.63, 3.8) is 0 Å². The zero-order valence-corrected chi connectivity index (χ0v) is 9.82. The van der Waals surface area contributed by atoms with Crippen molar-refractivity contribution in [1.82, 2.24) is 4.98 Å². The number of nitrogens with one attached hydrogen (secondary N) is 1. The van der Waals surface area contributed by atoms with Gasteiger partial charge in [0.05, 0.1) is 5.92 Å². The Kier molecular flexibility index (Phi) is 3.62. The third-order valence-electron chi connectivity index (χ3n) is 3.06. The van der Waals surface area contributed by atoms with Gasteiger partial charge in [0.1, 0.15) is 5.82 Å². The van der Waals surface area contributed by atoms with E-state index in [4.69, 9.17) is 10.8 Å². The fourth-order valence-electron chi connectivity index (χ4n) is 2.11. The fraction of sp³-hybridized carbons (Fsp3) is 0.308. The van der Waals surface area contributed by atoms with Crippen molar-refractivity contribution in [3.05, 3.63) is 35.8 Å². The number of rotatable bonds is 5. The van der Waals surface area contributed by atoms with Crippen LogP contribution in [0.3, 0.4) is 0 Å². The molecule has 0 radical (unpaired) electrons. The van der Waals surface area contributed by atoms with E-state index in [1.165, 1.54) is 12.1 Å². The zero-order chi connectivity index (χ0) is 13.1. The van der Waals surface area contributed by atoms with Crippen molar-refractivity contribution in [2.45, 2.75) is 12.8 Å². The predicted molar refractivity (Wildman–Crippen MR) is 66.8 cm³/mol. The van der Waals surface area contributed by atoms with E-state index in [1.54, 1.807) is 12.3 Å². The van der Waals surface area contributed by atoms with Gasteiger partial charge < -0.3 is 15.8 Å². The van der Waals surface area contributed by atoms with Crippen molar-refractivity contribution in [3.8, 4) is 0 Å². The lowest BCUT2D eigenvalue weighted by atomic mass is 9.96. The van der Waals surface area contributed by atoms with Gasteiger partial charge in [-0.25, -0.2) is 4.39 Å². The molecule has 0 aliphatic rings. The molecule has 0 aliphatic heterocycles. The number of carbonyl (C=O) groups is 1. The van der Waals surface area contributed by atoms with Gasteiger partial charge in [0.15, 0.2) is 0 Å². The second kappa shape index (κ2) is 5.18. The van der Waals surface area contributed by atoms with Crippen molar-refractivity contribution < 1.29 is 14.3 Å². The van der Waals surface area contributed by atoms with Crippen molar-refractivity contribution >= 4 is 16.9 Å². The summed E-state index contributed by atoms with van der Waals surface area (Å²) in [6.45, 7) is 0.341. The number of aliphatic carboxylic acids is 1. The van der Waals surface area contributed by atoms with Gasteiger partial charge in [-0.05, 0) is 43.1 Å². The molecular formula is C13H15FN2O2. The Balaban J connectivity index is 2.28. The normalized spacial score (nSPS) is 12.8. The highest BCUT2D eigenvalue weighted by Crippen LogP contribution is 2.23. The fourth-order valence-corrected chi connectivity index (χ4v) is 2.11. The van der Waals surface area contributed by atoms with Crippen LogP contribution in [0.25, 0.3) is 10.9 Å². The number of carboxylic acid groups (broad SMARTS) is 1. The number of aromatic amines is 1. The van der Waals surface area contributed by atoms with Gasteiger partial charge in [-0.1, -0.05) is 0 Å². The maximum atomic E-state index is 13.0. The number of nitrogens with two attached hydrogens (primary N) is 1. The Morgan fingerprint density at radius 2 is 2.28 bits per heavy atom. The first-order valence-electron chi connectivity index (χ1n) is 5.80. The van der Waals surface area contributed by atoms with Crippen LogP contribution in [0.1, 0.15) is 12.0 Å². The van der Waals surface area contributed by atoms with Gasteiger partial charge in [0, 0.05) is 17.1 Å². The average Bonchev–Trinajstić information content (AvgIpc) is 2.71. The van der Waals surface area contributed by atoms with Crippen LogP contribution in [0.5, 0.6) is 0 Å². The van der Waals surface area contributed by atoms with Gasteiger partial charge in [0.25, 0.3) is 0 Å². The Morgan fingerprint density at radius 3 is 2.94 bits per heavy atom. The maximum Gasteiger partial charge on any atom is 0.306 e. The number of benzene rings is 1. The maximum absolute atomic E-state index is 13.0.